The van der Waals surface area contributed by atoms with Gasteiger partial charge in [-0.2, -0.15) is 0 Å². The van der Waals surface area contributed by atoms with E-state index in [1.807, 2.05) is 49.6 Å². The molecule has 2 aromatic carbocycles. The molecule has 1 aromatic heterocycles. The number of rotatable bonds is 9. The number of aromatic nitrogens is 3. The Kier molecular flexibility index (Phi) is 7.81. The largest absolute Gasteiger partial charge is 0.493 e. The second-order valence-electron chi connectivity index (χ2n) is 6.84. The number of ether oxygens (including phenoxy) is 2. The number of anilines is 1. The van der Waals surface area contributed by atoms with E-state index >= 15 is 0 Å². The monoisotopic (exact) mass is 460 g/mol. The van der Waals surface area contributed by atoms with Crippen molar-refractivity contribution in [2.75, 3.05) is 18.2 Å². The van der Waals surface area contributed by atoms with Crippen LogP contribution < -0.4 is 14.8 Å². The first kappa shape index (κ1) is 23.0. The standard InChI is InChI=1S/C22H25ClN4O3S/c1-5-27-20(12-30-18-10-9-14(2)11-19(18)29-4)25-26-22(27)31-13-21(28)24-17-8-6-7-16(23)15(17)3/h6-11H,5,12-13H2,1-4H3,(H,24,28). The van der Waals surface area contributed by atoms with E-state index in [2.05, 4.69) is 15.5 Å². The second kappa shape index (κ2) is 10.5. The van der Waals surface area contributed by atoms with Crippen LogP contribution in [0.2, 0.25) is 5.02 Å². The number of nitrogens with one attached hydrogen (secondary N) is 1. The molecule has 0 fully saturated rings. The summed E-state index contributed by atoms with van der Waals surface area (Å²) in [5, 5.41) is 12.6. The van der Waals surface area contributed by atoms with E-state index in [4.69, 9.17) is 21.1 Å². The van der Waals surface area contributed by atoms with Crippen molar-refractivity contribution in [1.82, 2.24) is 14.8 Å². The molecule has 9 heteroatoms. The smallest absolute Gasteiger partial charge is 0.234 e. The summed E-state index contributed by atoms with van der Waals surface area (Å²) in [5.41, 5.74) is 2.63. The zero-order chi connectivity index (χ0) is 22.4. The number of hydrogen-bond acceptors (Lipinski definition) is 6. The molecule has 1 heterocycles. The van der Waals surface area contributed by atoms with Crippen molar-refractivity contribution < 1.29 is 14.3 Å². The van der Waals surface area contributed by atoms with E-state index in [9.17, 15) is 4.79 Å². The molecule has 1 amide bonds. The van der Waals surface area contributed by atoms with Crippen LogP contribution in [0, 0.1) is 13.8 Å². The van der Waals surface area contributed by atoms with E-state index in [1.54, 1.807) is 19.2 Å². The third-order valence-electron chi connectivity index (χ3n) is 4.66. The Hall–Kier alpha value is -2.71. The van der Waals surface area contributed by atoms with Crippen LogP contribution in [-0.4, -0.2) is 33.5 Å². The van der Waals surface area contributed by atoms with Crippen LogP contribution in [0.4, 0.5) is 5.69 Å². The van der Waals surface area contributed by atoms with Gasteiger partial charge in [-0.25, -0.2) is 0 Å². The van der Waals surface area contributed by atoms with E-state index < -0.39 is 0 Å². The SMILES string of the molecule is CCn1c(COc2ccc(C)cc2OC)nnc1SCC(=O)Nc1cccc(Cl)c1C. The molecule has 3 rings (SSSR count). The van der Waals surface area contributed by atoms with Crippen LogP contribution in [0.25, 0.3) is 0 Å². The van der Waals surface area contributed by atoms with Crippen molar-refractivity contribution in [2.45, 2.75) is 39.1 Å². The number of halogens is 1. The molecule has 0 atom stereocenters. The molecule has 7 nitrogen and oxygen atoms in total. The van der Waals surface area contributed by atoms with Gasteiger partial charge in [-0.3, -0.25) is 4.79 Å². The van der Waals surface area contributed by atoms with Crippen LogP contribution in [-0.2, 0) is 17.9 Å². The van der Waals surface area contributed by atoms with Gasteiger partial charge in [0.2, 0.25) is 5.91 Å². The van der Waals surface area contributed by atoms with Crippen LogP contribution in [0.15, 0.2) is 41.6 Å². The number of aryl methyl sites for hydroxylation is 1. The summed E-state index contributed by atoms with van der Waals surface area (Å²) in [6.45, 7) is 6.77. The average Bonchev–Trinajstić information content (AvgIpc) is 3.16. The van der Waals surface area contributed by atoms with Crippen LogP contribution in [0.5, 0.6) is 11.5 Å². The van der Waals surface area contributed by atoms with Crippen molar-refractivity contribution in [3.05, 3.63) is 58.4 Å². The lowest BCUT2D eigenvalue weighted by atomic mass is 10.2. The predicted molar refractivity (Wildman–Crippen MR) is 123 cm³/mol. The molecular formula is C22H25ClN4O3S. The molecule has 0 aliphatic heterocycles. The lowest BCUT2D eigenvalue weighted by molar-refractivity contribution is -0.113. The van der Waals surface area contributed by atoms with Gasteiger partial charge >= 0.3 is 0 Å². The molecule has 0 unspecified atom stereocenters. The number of carbonyl (C=O) groups is 1. The van der Waals surface area contributed by atoms with Gasteiger partial charge in [0.25, 0.3) is 0 Å². The molecule has 0 aliphatic rings. The van der Waals surface area contributed by atoms with Gasteiger partial charge in [-0.15, -0.1) is 10.2 Å². The maximum Gasteiger partial charge on any atom is 0.234 e. The number of hydrogen-bond donors (Lipinski definition) is 1. The fraction of sp³-hybridized carbons (Fsp3) is 0.318. The van der Waals surface area contributed by atoms with Crippen LogP contribution in [0.1, 0.15) is 23.9 Å². The highest BCUT2D eigenvalue weighted by Gasteiger charge is 2.15. The minimum absolute atomic E-state index is 0.136. The number of thioether (sulfide) groups is 1. The molecule has 0 spiro atoms. The van der Waals surface area contributed by atoms with Gasteiger partial charge in [-0.1, -0.05) is 35.5 Å². The highest BCUT2D eigenvalue weighted by atomic mass is 35.5. The number of carbonyl (C=O) groups excluding carboxylic acids is 1. The summed E-state index contributed by atoms with van der Waals surface area (Å²) in [7, 11) is 1.61. The lowest BCUT2D eigenvalue weighted by Gasteiger charge is -2.12. The third-order valence-corrected chi connectivity index (χ3v) is 6.04. The molecule has 31 heavy (non-hydrogen) atoms. The van der Waals surface area contributed by atoms with Gasteiger partial charge in [0, 0.05) is 17.3 Å². The molecule has 0 radical (unpaired) electrons. The maximum atomic E-state index is 12.4. The molecule has 0 saturated carbocycles. The summed E-state index contributed by atoms with van der Waals surface area (Å²) in [6, 6.07) is 11.2. The molecule has 0 aliphatic carbocycles. The number of benzene rings is 2. The summed E-state index contributed by atoms with van der Waals surface area (Å²) in [4.78, 5) is 12.4. The van der Waals surface area contributed by atoms with Crippen molar-refractivity contribution in [3.63, 3.8) is 0 Å². The van der Waals surface area contributed by atoms with E-state index in [-0.39, 0.29) is 18.3 Å². The van der Waals surface area contributed by atoms with Gasteiger partial charge in [0.05, 0.1) is 12.9 Å². The van der Waals surface area contributed by atoms with Gasteiger partial charge < -0.3 is 19.4 Å². The van der Waals surface area contributed by atoms with Gasteiger partial charge in [0.15, 0.2) is 22.5 Å². The molecule has 164 valence electrons. The topological polar surface area (TPSA) is 78.3 Å². The maximum absolute atomic E-state index is 12.4. The molecule has 0 saturated heterocycles. The summed E-state index contributed by atoms with van der Waals surface area (Å²) < 4.78 is 13.2. The van der Waals surface area contributed by atoms with Crippen molar-refractivity contribution >= 4 is 35.0 Å². The minimum atomic E-state index is -0.136. The number of amides is 1. The van der Waals surface area contributed by atoms with Crippen molar-refractivity contribution in [2.24, 2.45) is 0 Å². The first-order valence-corrected chi connectivity index (χ1v) is 11.2. The van der Waals surface area contributed by atoms with E-state index in [1.165, 1.54) is 11.8 Å². The highest BCUT2D eigenvalue weighted by Crippen LogP contribution is 2.29. The normalized spacial score (nSPS) is 10.7. The first-order valence-electron chi connectivity index (χ1n) is 9.80. The Morgan fingerprint density at radius 1 is 1.19 bits per heavy atom. The second-order valence-corrected chi connectivity index (χ2v) is 8.18. The van der Waals surface area contributed by atoms with Crippen molar-refractivity contribution in [3.8, 4) is 11.5 Å². The molecule has 0 bridgehead atoms. The summed E-state index contributed by atoms with van der Waals surface area (Å²) in [5.74, 6) is 2.06. The Morgan fingerprint density at radius 2 is 2.00 bits per heavy atom. The van der Waals surface area contributed by atoms with E-state index in [0.717, 1.165) is 11.1 Å². The van der Waals surface area contributed by atoms with Crippen molar-refractivity contribution in [1.29, 1.82) is 0 Å². The fourth-order valence-electron chi connectivity index (χ4n) is 2.95. The van der Waals surface area contributed by atoms with Crippen LogP contribution in [0.3, 0.4) is 0 Å². The Morgan fingerprint density at radius 3 is 2.74 bits per heavy atom. The summed E-state index contributed by atoms with van der Waals surface area (Å²) >= 11 is 7.44. The molecule has 1 N–H and O–H groups in total. The van der Waals surface area contributed by atoms with Crippen LogP contribution >= 0.6 is 23.4 Å². The highest BCUT2D eigenvalue weighted by molar-refractivity contribution is 7.99. The quantitative estimate of drug-likeness (QED) is 0.458. The Bertz CT molecular complexity index is 1070. The number of methoxy groups -OCH3 is 1. The predicted octanol–water partition coefficient (Wildman–Crippen LogP) is 4.89. The van der Waals surface area contributed by atoms with E-state index in [0.29, 0.717) is 39.7 Å². The Balaban J connectivity index is 1.62. The minimum Gasteiger partial charge on any atom is -0.493 e. The molecule has 3 aromatic rings. The average molecular weight is 461 g/mol. The third kappa shape index (κ3) is 5.71. The van der Waals surface area contributed by atoms with Gasteiger partial charge in [-0.05, 0) is 56.2 Å². The Labute approximate surface area is 191 Å². The molecular weight excluding hydrogens is 436 g/mol. The summed E-state index contributed by atoms with van der Waals surface area (Å²) in [6.07, 6.45) is 0. The zero-order valence-electron chi connectivity index (χ0n) is 17.9. The zero-order valence-corrected chi connectivity index (χ0v) is 19.5. The van der Waals surface area contributed by atoms with Gasteiger partial charge in [0.1, 0.15) is 6.61 Å². The first-order chi connectivity index (χ1) is 14.9. The number of nitrogens with zero attached hydrogens (tertiary/aromatic N) is 3. The fourth-order valence-corrected chi connectivity index (χ4v) is 3.94. The lowest BCUT2D eigenvalue weighted by Crippen LogP contribution is -2.15.